The van der Waals surface area contributed by atoms with Crippen LogP contribution in [0.3, 0.4) is 0 Å². The van der Waals surface area contributed by atoms with Gasteiger partial charge < -0.3 is 8.98 Å². The second-order valence-electron chi connectivity index (χ2n) is 14.5. The lowest BCUT2D eigenvalue weighted by atomic mass is 9.94. The van der Waals surface area contributed by atoms with Crippen molar-refractivity contribution >= 4 is 75.3 Å². The Bertz CT molecular complexity index is 3410. The zero-order chi connectivity index (χ0) is 37.5. The van der Waals surface area contributed by atoms with Crippen LogP contribution in [0.25, 0.3) is 115 Å². The molecule has 0 bridgehead atoms. The Morgan fingerprint density at radius 2 is 1.05 bits per heavy atom. The van der Waals surface area contributed by atoms with E-state index in [1.165, 1.54) is 36.5 Å². The average molecular weight is 746 g/mol. The highest BCUT2D eigenvalue weighted by Gasteiger charge is 2.24. The van der Waals surface area contributed by atoms with E-state index in [0.717, 1.165) is 72.3 Å². The van der Waals surface area contributed by atoms with E-state index in [1.54, 1.807) is 0 Å². The number of hydrogen-bond donors (Lipinski definition) is 0. The van der Waals surface area contributed by atoms with Gasteiger partial charge in [-0.3, -0.25) is 0 Å². The predicted molar refractivity (Wildman–Crippen MR) is 238 cm³/mol. The van der Waals surface area contributed by atoms with Crippen molar-refractivity contribution in [2.45, 2.75) is 0 Å². The molecule has 12 aromatic rings. The van der Waals surface area contributed by atoms with Gasteiger partial charge in [-0.2, -0.15) is 0 Å². The Labute approximate surface area is 331 Å². The number of benzene rings is 8. The Balaban J connectivity index is 1.24. The fourth-order valence-electron chi connectivity index (χ4n) is 8.71. The Morgan fingerprint density at radius 1 is 0.421 bits per heavy atom. The molecule has 0 amide bonds. The summed E-state index contributed by atoms with van der Waals surface area (Å²) in [6.07, 6.45) is 0. The highest BCUT2D eigenvalue weighted by molar-refractivity contribution is 7.26. The van der Waals surface area contributed by atoms with Gasteiger partial charge in [0, 0.05) is 58.4 Å². The molecule has 5 heteroatoms. The van der Waals surface area contributed by atoms with E-state index >= 15 is 0 Å². The number of rotatable bonds is 5. The van der Waals surface area contributed by atoms with Crippen LogP contribution in [0.4, 0.5) is 0 Å². The van der Waals surface area contributed by atoms with Crippen LogP contribution in [0.1, 0.15) is 0 Å². The van der Waals surface area contributed by atoms with Crippen molar-refractivity contribution in [3.05, 3.63) is 188 Å². The van der Waals surface area contributed by atoms with Crippen LogP contribution in [0.15, 0.2) is 192 Å². The predicted octanol–water partition coefficient (Wildman–Crippen LogP) is 14.5. The minimum Gasteiger partial charge on any atom is -0.456 e. The van der Waals surface area contributed by atoms with E-state index in [4.69, 9.17) is 14.4 Å². The van der Waals surface area contributed by atoms with E-state index in [9.17, 15) is 0 Å². The van der Waals surface area contributed by atoms with Gasteiger partial charge in [-0.15, -0.1) is 11.3 Å². The molecule has 0 spiro atoms. The highest BCUT2D eigenvalue weighted by atomic mass is 32.1. The summed E-state index contributed by atoms with van der Waals surface area (Å²) in [4.78, 5) is 10.7. The maximum absolute atomic E-state index is 6.27. The summed E-state index contributed by atoms with van der Waals surface area (Å²) in [6.45, 7) is 0. The van der Waals surface area contributed by atoms with E-state index in [0.29, 0.717) is 5.82 Å². The van der Waals surface area contributed by atoms with E-state index in [2.05, 4.69) is 168 Å². The van der Waals surface area contributed by atoms with Gasteiger partial charge in [0.05, 0.1) is 28.1 Å². The minimum atomic E-state index is 0.689. The molecular weight excluding hydrogens is 715 g/mol. The summed E-state index contributed by atoms with van der Waals surface area (Å²) in [7, 11) is 0. The number of fused-ring (bicyclic) bond motifs is 9. The third-order valence-corrected chi connectivity index (χ3v) is 12.4. The first kappa shape index (κ1) is 32.0. The maximum Gasteiger partial charge on any atom is 0.160 e. The minimum absolute atomic E-state index is 0.689. The fraction of sp³-hybridized carbons (Fsp3) is 0. The van der Waals surface area contributed by atoms with Gasteiger partial charge in [-0.25, -0.2) is 9.97 Å². The first-order valence-electron chi connectivity index (χ1n) is 19.2. The van der Waals surface area contributed by atoms with Crippen molar-refractivity contribution in [2.24, 2.45) is 0 Å². The molecular formula is C52H31N3OS. The summed E-state index contributed by atoms with van der Waals surface area (Å²) in [6, 6.07) is 66.6. The van der Waals surface area contributed by atoms with Crippen LogP contribution in [0, 0.1) is 0 Å². The summed E-state index contributed by atoms with van der Waals surface area (Å²) < 4.78 is 11.1. The van der Waals surface area contributed by atoms with Gasteiger partial charge in [0.15, 0.2) is 5.82 Å². The lowest BCUT2D eigenvalue weighted by Crippen LogP contribution is -2.01. The molecule has 57 heavy (non-hydrogen) atoms. The number of furan rings is 1. The number of thiophene rings is 1. The van der Waals surface area contributed by atoms with Crippen molar-refractivity contribution in [3.8, 4) is 50.7 Å². The van der Waals surface area contributed by atoms with Crippen molar-refractivity contribution < 1.29 is 4.42 Å². The normalized spacial score (nSPS) is 11.9. The third kappa shape index (κ3) is 4.99. The van der Waals surface area contributed by atoms with Crippen LogP contribution in [-0.4, -0.2) is 14.5 Å². The van der Waals surface area contributed by atoms with Gasteiger partial charge >= 0.3 is 0 Å². The van der Waals surface area contributed by atoms with Crippen molar-refractivity contribution in [1.82, 2.24) is 14.5 Å². The molecule has 0 aliphatic carbocycles. The summed E-state index contributed by atoms with van der Waals surface area (Å²) in [5, 5.41) is 7.05. The smallest absolute Gasteiger partial charge is 0.160 e. The highest BCUT2D eigenvalue weighted by Crippen LogP contribution is 2.48. The molecule has 12 rings (SSSR count). The van der Waals surface area contributed by atoms with Crippen LogP contribution < -0.4 is 0 Å². The number of para-hydroxylation sites is 3. The van der Waals surface area contributed by atoms with Crippen LogP contribution in [-0.2, 0) is 0 Å². The second-order valence-corrected chi connectivity index (χ2v) is 15.6. The van der Waals surface area contributed by atoms with Crippen LogP contribution in [0.5, 0.6) is 0 Å². The monoisotopic (exact) mass is 745 g/mol. The molecule has 0 aliphatic heterocycles. The number of hydrogen-bond acceptors (Lipinski definition) is 4. The lowest BCUT2D eigenvalue weighted by Gasteiger charge is -2.17. The van der Waals surface area contributed by atoms with E-state index in [-0.39, 0.29) is 0 Å². The number of nitrogens with zero attached hydrogens (tertiary/aromatic N) is 3. The molecule has 266 valence electrons. The molecule has 0 aliphatic rings. The Morgan fingerprint density at radius 3 is 1.82 bits per heavy atom. The largest absolute Gasteiger partial charge is 0.456 e. The van der Waals surface area contributed by atoms with Gasteiger partial charge in [0.2, 0.25) is 0 Å². The first-order chi connectivity index (χ1) is 28.3. The summed E-state index contributed by atoms with van der Waals surface area (Å²) >= 11 is 1.83. The molecule has 0 atom stereocenters. The van der Waals surface area contributed by atoms with Crippen LogP contribution >= 0.6 is 11.3 Å². The third-order valence-electron chi connectivity index (χ3n) is 11.2. The van der Waals surface area contributed by atoms with Crippen LogP contribution in [0.2, 0.25) is 0 Å². The lowest BCUT2D eigenvalue weighted by molar-refractivity contribution is 0.669. The summed E-state index contributed by atoms with van der Waals surface area (Å²) in [5.41, 5.74) is 12.3. The first-order valence-corrected chi connectivity index (χ1v) is 20.0. The topological polar surface area (TPSA) is 43.9 Å². The van der Waals surface area contributed by atoms with Crippen molar-refractivity contribution in [2.75, 3.05) is 0 Å². The number of aromatic nitrogens is 3. The van der Waals surface area contributed by atoms with E-state index < -0.39 is 0 Å². The zero-order valence-electron chi connectivity index (χ0n) is 30.6. The molecule has 4 heterocycles. The molecule has 0 radical (unpaired) electrons. The van der Waals surface area contributed by atoms with Gasteiger partial charge in [0.1, 0.15) is 11.2 Å². The molecule has 4 nitrogen and oxygen atoms in total. The van der Waals surface area contributed by atoms with E-state index in [1.807, 2.05) is 35.6 Å². The molecule has 8 aromatic carbocycles. The molecule has 4 aromatic heterocycles. The van der Waals surface area contributed by atoms with Gasteiger partial charge in [-0.05, 0) is 65.7 Å². The molecule has 0 fully saturated rings. The maximum atomic E-state index is 6.27. The standard InChI is InChI=1S/C52H31N3OS/c1-3-14-32(15-4-1)40-31-41(54-52(53-40)33-16-5-2-6-17-33)50-44(55-42-22-10-7-18-36(42)37-19-8-11-23-43(37)55)27-29-48-51(50)49-35(21-13-25-47(49)57-48)34-26-28-46-39(30-34)38-20-9-12-24-45(38)56-46/h1-31H. The SMILES string of the molecule is c1ccc(-c2cc(-c3c(-n4c5ccccc5c5ccccc54)ccc4sc5cccc(-c6ccc7oc8ccccc8c7c6)c5c34)nc(-c3ccccc3)n2)cc1. The Hall–Kier alpha value is -7.34. The van der Waals surface area contributed by atoms with Crippen molar-refractivity contribution in [3.63, 3.8) is 0 Å². The zero-order valence-corrected chi connectivity index (χ0v) is 31.4. The second kappa shape index (κ2) is 12.6. The van der Waals surface area contributed by atoms with Crippen molar-refractivity contribution in [1.29, 1.82) is 0 Å². The fourth-order valence-corrected chi connectivity index (χ4v) is 9.85. The van der Waals surface area contributed by atoms with Gasteiger partial charge in [0.25, 0.3) is 0 Å². The van der Waals surface area contributed by atoms with Gasteiger partial charge in [-0.1, -0.05) is 133 Å². The Kier molecular flexibility index (Phi) is 7.06. The summed E-state index contributed by atoms with van der Waals surface area (Å²) in [5.74, 6) is 0.689. The molecule has 0 saturated carbocycles. The average Bonchev–Trinajstić information content (AvgIpc) is 3.96. The molecule has 0 unspecified atom stereocenters. The molecule has 0 saturated heterocycles. The quantitative estimate of drug-likeness (QED) is 0.176. The molecule has 0 N–H and O–H groups in total.